The first-order valence-electron chi connectivity index (χ1n) is 13.5. The van der Waals surface area contributed by atoms with Crippen molar-refractivity contribution in [1.29, 1.82) is 0 Å². The SMILES string of the molecule is CCCCCCCCCCCCC(O)c1ccc(C#CCCCCCCCCC(=O)OC)o1. The maximum absolute atomic E-state index is 11.0. The van der Waals surface area contributed by atoms with E-state index in [1.165, 1.54) is 71.3 Å². The van der Waals surface area contributed by atoms with Crippen LogP contribution in [-0.4, -0.2) is 18.2 Å². The third-order valence-electron chi connectivity index (χ3n) is 6.16. The van der Waals surface area contributed by atoms with Gasteiger partial charge in [0.2, 0.25) is 0 Å². The molecule has 1 rings (SSSR count). The summed E-state index contributed by atoms with van der Waals surface area (Å²) in [6, 6.07) is 3.73. The second kappa shape index (κ2) is 20.8. The van der Waals surface area contributed by atoms with Crippen LogP contribution < -0.4 is 0 Å². The van der Waals surface area contributed by atoms with Crippen molar-refractivity contribution < 1.29 is 19.1 Å². The molecule has 1 heterocycles. The predicted octanol–water partition coefficient (Wildman–Crippen LogP) is 8.27. The van der Waals surface area contributed by atoms with E-state index in [-0.39, 0.29) is 5.97 Å². The van der Waals surface area contributed by atoms with Gasteiger partial charge in [-0.2, -0.15) is 0 Å². The van der Waals surface area contributed by atoms with Gasteiger partial charge in [-0.1, -0.05) is 103 Å². The third kappa shape index (κ3) is 16.5. The van der Waals surface area contributed by atoms with Crippen molar-refractivity contribution in [3.05, 3.63) is 23.7 Å². The second-order valence-corrected chi connectivity index (χ2v) is 9.19. The molecule has 188 valence electrons. The van der Waals surface area contributed by atoms with E-state index in [0.29, 0.717) is 17.9 Å². The number of aliphatic hydroxyl groups excluding tert-OH is 1. The fraction of sp³-hybridized carbons (Fsp3) is 0.759. The van der Waals surface area contributed by atoms with Crippen LogP contribution in [0.25, 0.3) is 0 Å². The van der Waals surface area contributed by atoms with E-state index < -0.39 is 6.10 Å². The van der Waals surface area contributed by atoms with Crippen LogP contribution in [0.1, 0.15) is 147 Å². The average Bonchev–Trinajstić information content (AvgIpc) is 3.30. The zero-order valence-corrected chi connectivity index (χ0v) is 21.3. The Morgan fingerprint density at radius 1 is 0.879 bits per heavy atom. The molecule has 0 aliphatic rings. The molecule has 1 unspecified atom stereocenters. The molecule has 1 aromatic rings. The van der Waals surface area contributed by atoms with Crippen molar-refractivity contribution in [3.63, 3.8) is 0 Å². The lowest BCUT2D eigenvalue weighted by Crippen LogP contribution is -1.99. The monoisotopic (exact) mass is 460 g/mol. The van der Waals surface area contributed by atoms with Crippen LogP contribution in [0.5, 0.6) is 0 Å². The summed E-state index contributed by atoms with van der Waals surface area (Å²) in [4.78, 5) is 11.0. The van der Waals surface area contributed by atoms with E-state index in [0.717, 1.165) is 51.4 Å². The van der Waals surface area contributed by atoms with Gasteiger partial charge >= 0.3 is 5.97 Å². The van der Waals surface area contributed by atoms with Crippen molar-refractivity contribution in [2.45, 2.75) is 135 Å². The fourth-order valence-electron chi connectivity index (χ4n) is 4.01. The summed E-state index contributed by atoms with van der Waals surface area (Å²) < 4.78 is 10.4. The van der Waals surface area contributed by atoms with Gasteiger partial charge in [0, 0.05) is 12.8 Å². The molecule has 0 amide bonds. The lowest BCUT2D eigenvalue weighted by atomic mass is 10.0. The molecule has 0 aromatic carbocycles. The first kappa shape index (κ1) is 29.3. The molecule has 0 aliphatic heterocycles. The van der Waals surface area contributed by atoms with Gasteiger partial charge in [-0.05, 0) is 37.3 Å². The van der Waals surface area contributed by atoms with Crippen LogP contribution in [0.2, 0.25) is 0 Å². The number of ether oxygens (including phenoxy) is 1. The Morgan fingerprint density at radius 2 is 1.45 bits per heavy atom. The Hall–Kier alpha value is -1.73. The summed E-state index contributed by atoms with van der Waals surface area (Å²) in [6.45, 7) is 2.26. The predicted molar refractivity (Wildman–Crippen MR) is 136 cm³/mol. The van der Waals surface area contributed by atoms with Crippen LogP contribution in [0.4, 0.5) is 0 Å². The highest BCUT2D eigenvalue weighted by Crippen LogP contribution is 2.22. The summed E-state index contributed by atoms with van der Waals surface area (Å²) in [5.41, 5.74) is 0. The molecule has 0 aliphatic carbocycles. The minimum absolute atomic E-state index is 0.113. The molecule has 4 nitrogen and oxygen atoms in total. The number of rotatable bonds is 20. The molecule has 1 aromatic heterocycles. The lowest BCUT2D eigenvalue weighted by Gasteiger charge is -2.07. The van der Waals surface area contributed by atoms with Crippen molar-refractivity contribution in [2.24, 2.45) is 0 Å². The van der Waals surface area contributed by atoms with Gasteiger partial charge in [0.15, 0.2) is 5.76 Å². The van der Waals surface area contributed by atoms with Gasteiger partial charge in [0.1, 0.15) is 11.9 Å². The molecule has 0 spiro atoms. The van der Waals surface area contributed by atoms with E-state index in [1.54, 1.807) is 0 Å². The van der Waals surface area contributed by atoms with Crippen molar-refractivity contribution >= 4 is 5.97 Å². The van der Waals surface area contributed by atoms with E-state index in [1.807, 2.05) is 12.1 Å². The van der Waals surface area contributed by atoms with E-state index >= 15 is 0 Å². The molecule has 0 radical (unpaired) electrons. The fourth-order valence-corrected chi connectivity index (χ4v) is 4.01. The molecule has 0 saturated carbocycles. The molecule has 1 N–H and O–H groups in total. The Labute approximate surface area is 202 Å². The summed E-state index contributed by atoms with van der Waals surface area (Å²) in [6.07, 6.45) is 21.2. The first-order chi connectivity index (χ1) is 16.2. The number of methoxy groups -OCH3 is 1. The molecule has 0 saturated heterocycles. The van der Waals surface area contributed by atoms with Crippen LogP contribution in [0, 0.1) is 11.8 Å². The maximum atomic E-state index is 11.0. The van der Waals surface area contributed by atoms with Gasteiger partial charge in [-0.15, -0.1) is 0 Å². The first-order valence-corrected chi connectivity index (χ1v) is 13.5. The Balaban J connectivity index is 2.03. The zero-order valence-electron chi connectivity index (χ0n) is 21.3. The quantitative estimate of drug-likeness (QED) is 0.121. The van der Waals surface area contributed by atoms with Gasteiger partial charge in [-0.3, -0.25) is 4.79 Å². The maximum Gasteiger partial charge on any atom is 0.305 e. The van der Waals surface area contributed by atoms with Crippen LogP contribution in [0.15, 0.2) is 16.5 Å². The number of unbranched alkanes of at least 4 members (excludes halogenated alkanes) is 15. The number of carbonyl (C=O) groups is 1. The Kier molecular flexibility index (Phi) is 18.5. The number of aliphatic hydroxyl groups is 1. The molecule has 0 fully saturated rings. The summed E-state index contributed by atoms with van der Waals surface area (Å²) in [5.74, 6) is 7.43. The van der Waals surface area contributed by atoms with Gasteiger partial charge < -0.3 is 14.3 Å². The highest BCUT2D eigenvalue weighted by Gasteiger charge is 2.11. The Morgan fingerprint density at radius 3 is 2.09 bits per heavy atom. The second-order valence-electron chi connectivity index (χ2n) is 9.19. The minimum atomic E-state index is -0.520. The number of hydrogen-bond acceptors (Lipinski definition) is 4. The average molecular weight is 461 g/mol. The van der Waals surface area contributed by atoms with E-state index in [4.69, 9.17) is 4.42 Å². The highest BCUT2D eigenvalue weighted by atomic mass is 16.5. The van der Waals surface area contributed by atoms with E-state index in [2.05, 4.69) is 23.5 Å². The van der Waals surface area contributed by atoms with Crippen molar-refractivity contribution in [3.8, 4) is 11.8 Å². The van der Waals surface area contributed by atoms with Gasteiger partial charge in [0.05, 0.1) is 7.11 Å². The molecular formula is C29H48O4. The molecule has 0 bridgehead atoms. The normalized spacial score (nSPS) is 11.7. The number of hydrogen-bond donors (Lipinski definition) is 1. The number of carbonyl (C=O) groups excluding carboxylic acids is 1. The molecular weight excluding hydrogens is 412 g/mol. The summed E-state index contributed by atoms with van der Waals surface area (Å²) >= 11 is 0. The lowest BCUT2D eigenvalue weighted by molar-refractivity contribution is -0.140. The number of esters is 1. The van der Waals surface area contributed by atoms with Gasteiger partial charge in [0.25, 0.3) is 0 Å². The van der Waals surface area contributed by atoms with Crippen molar-refractivity contribution in [2.75, 3.05) is 7.11 Å². The van der Waals surface area contributed by atoms with E-state index in [9.17, 15) is 9.90 Å². The molecule has 4 heteroatoms. The van der Waals surface area contributed by atoms with Crippen LogP contribution in [-0.2, 0) is 9.53 Å². The smallest absolute Gasteiger partial charge is 0.305 e. The molecule has 33 heavy (non-hydrogen) atoms. The van der Waals surface area contributed by atoms with Crippen LogP contribution in [0.3, 0.4) is 0 Å². The summed E-state index contributed by atoms with van der Waals surface area (Å²) in [5, 5.41) is 10.4. The largest absolute Gasteiger partial charge is 0.469 e. The molecule has 1 atom stereocenters. The Bertz CT molecular complexity index is 652. The summed E-state index contributed by atoms with van der Waals surface area (Å²) in [7, 11) is 1.44. The van der Waals surface area contributed by atoms with Crippen molar-refractivity contribution in [1.82, 2.24) is 0 Å². The van der Waals surface area contributed by atoms with Crippen LogP contribution >= 0.6 is 0 Å². The zero-order chi connectivity index (χ0) is 24.0. The highest BCUT2D eigenvalue weighted by molar-refractivity contribution is 5.68. The third-order valence-corrected chi connectivity index (χ3v) is 6.16. The topological polar surface area (TPSA) is 59.7 Å². The van der Waals surface area contributed by atoms with Gasteiger partial charge in [-0.25, -0.2) is 0 Å². The number of furan rings is 1. The standard InChI is InChI=1S/C29H48O4/c1-3-4-5-6-7-8-9-13-16-19-22-27(30)28-25-24-26(33-28)21-18-15-12-10-11-14-17-20-23-29(31)32-2/h24-25,27,30H,3-17,19-20,22-23H2,1-2H3. The minimum Gasteiger partial charge on any atom is -0.469 e.